The Hall–Kier alpha value is -2.09. The summed E-state index contributed by atoms with van der Waals surface area (Å²) in [5, 5.41) is 9.48. The van der Waals surface area contributed by atoms with E-state index in [1.165, 1.54) is 6.07 Å². The lowest BCUT2D eigenvalue weighted by Crippen LogP contribution is -2.55. The minimum absolute atomic E-state index is 0.0134. The zero-order valence-corrected chi connectivity index (χ0v) is 14.4. The molecule has 2 fully saturated rings. The Morgan fingerprint density at radius 3 is 2.54 bits per heavy atom. The predicted molar refractivity (Wildman–Crippen MR) is 87.2 cm³/mol. The van der Waals surface area contributed by atoms with E-state index in [0.29, 0.717) is 38.0 Å². The van der Waals surface area contributed by atoms with Crippen molar-refractivity contribution in [2.45, 2.75) is 37.5 Å². The van der Waals surface area contributed by atoms with Gasteiger partial charge in [-0.3, -0.25) is 14.5 Å². The van der Waals surface area contributed by atoms with Crippen LogP contribution in [-0.2, 0) is 22.3 Å². The normalized spacial score (nSPS) is 23.6. The smallest absolute Gasteiger partial charge is 0.416 e. The second-order valence-corrected chi connectivity index (χ2v) is 7.13. The van der Waals surface area contributed by atoms with Gasteiger partial charge in [0, 0.05) is 33.1 Å². The summed E-state index contributed by atoms with van der Waals surface area (Å²) in [6.45, 7) is 1.45. The molecule has 8 heteroatoms. The molecule has 0 bridgehead atoms. The third kappa shape index (κ3) is 3.30. The van der Waals surface area contributed by atoms with Crippen LogP contribution < -0.4 is 0 Å². The van der Waals surface area contributed by atoms with Crippen LogP contribution in [-0.4, -0.2) is 52.5 Å². The highest BCUT2D eigenvalue weighted by molar-refractivity contribution is 5.88. The molecule has 2 saturated heterocycles. The minimum Gasteiger partial charge on any atom is -0.481 e. The van der Waals surface area contributed by atoms with E-state index < -0.39 is 29.2 Å². The summed E-state index contributed by atoms with van der Waals surface area (Å²) in [4.78, 5) is 27.2. The number of carboxylic acids is 1. The van der Waals surface area contributed by atoms with Gasteiger partial charge in [0.25, 0.3) is 0 Å². The summed E-state index contributed by atoms with van der Waals surface area (Å²) in [6, 6.07) is 5.25. The first-order valence-corrected chi connectivity index (χ1v) is 8.51. The predicted octanol–water partition coefficient (Wildman–Crippen LogP) is 2.60. The Bertz CT molecular complexity index is 712. The summed E-state index contributed by atoms with van der Waals surface area (Å²) in [5.74, 6) is -1.85. The van der Waals surface area contributed by atoms with Crippen LogP contribution in [0.4, 0.5) is 13.2 Å². The topological polar surface area (TPSA) is 60.9 Å². The van der Waals surface area contributed by atoms with Gasteiger partial charge in [-0.25, -0.2) is 0 Å². The molecule has 1 spiro atoms. The van der Waals surface area contributed by atoms with E-state index in [2.05, 4.69) is 0 Å². The zero-order valence-electron chi connectivity index (χ0n) is 14.4. The number of benzene rings is 1. The molecule has 0 unspecified atom stereocenters. The van der Waals surface area contributed by atoms with E-state index >= 15 is 0 Å². The summed E-state index contributed by atoms with van der Waals surface area (Å²) in [5.41, 5.74) is -0.787. The average Bonchev–Trinajstić information content (AvgIpc) is 2.82. The van der Waals surface area contributed by atoms with Crippen molar-refractivity contribution in [1.29, 1.82) is 0 Å². The second kappa shape index (κ2) is 6.57. The van der Waals surface area contributed by atoms with Crippen LogP contribution in [0.5, 0.6) is 0 Å². The molecule has 0 saturated carbocycles. The van der Waals surface area contributed by atoms with Gasteiger partial charge in [0.05, 0.1) is 17.0 Å². The number of rotatable bonds is 3. The summed E-state index contributed by atoms with van der Waals surface area (Å²) in [6.07, 6.45) is -3.35. The van der Waals surface area contributed by atoms with Crippen molar-refractivity contribution in [2.24, 2.45) is 5.92 Å². The quantitative estimate of drug-likeness (QED) is 0.889. The third-order valence-electron chi connectivity index (χ3n) is 5.75. The zero-order chi connectivity index (χ0) is 19.1. The highest BCUT2D eigenvalue weighted by Gasteiger charge is 2.55. The Kier molecular flexibility index (Phi) is 4.72. The van der Waals surface area contributed by atoms with Crippen LogP contribution in [0.3, 0.4) is 0 Å². The molecular formula is C18H21F3N2O3. The second-order valence-electron chi connectivity index (χ2n) is 7.13. The molecule has 5 nitrogen and oxygen atoms in total. The van der Waals surface area contributed by atoms with E-state index in [-0.39, 0.29) is 12.3 Å². The van der Waals surface area contributed by atoms with Crippen LogP contribution in [0, 0.1) is 5.92 Å². The molecule has 2 heterocycles. The van der Waals surface area contributed by atoms with Gasteiger partial charge >= 0.3 is 12.1 Å². The van der Waals surface area contributed by atoms with E-state index in [9.17, 15) is 27.9 Å². The van der Waals surface area contributed by atoms with Gasteiger partial charge < -0.3 is 10.0 Å². The Balaban J connectivity index is 1.69. The van der Waals surface area contributed by atoms with E-state index in [1.54, 1.807) is 18.0 Å². The first kappa shape index (κ1) is 18.7. The van der Waals surface area contributed by atoms with Crippen LogP contribution in [0.25, 0.3) is 0 Å². The van der Waals surface area contributed by atoms with Gasteiger partial charge in [0.15, 0.2) is 0 Å². The van der Waals surface area contributed by atoms with Gasteiger partial charge in [-0.1, -0.05) is 18.2 Å². The molecule has 1 amide bonds. The molecule has 142 valence electrons. The number of alkyl halides is 3. The standard InChI is InChI=1S/C18H21F3N2O3/c1-22-15(24)10-14(16(25)26)17(22)5-7-23(8-6-17)11-12-3-2-4-13(9-12)18(19,20)21/h2-4,9,14H,5-8,10-11H2,1H3,(H,25,26)/t14-/m0/s1. The monoisotopic (exact) mass is 370 g/mol. The number of hydrogen-bond acceptors (Lipinski definition) is 3. The van der Waals surface area contributed by atoms with Crippen LogP contribution in [0.1, 0.15) is 30.4 Å². The first-order valence-electron chi connectivity index (χ1n) is 8.51. The molecule has 0 aliphatic carbocycles. The summed E-state index contributed by atoms with van der Waals surface area (Å²) < 4.78 is 38.5. The number of carbonyl (C=O) groups is 2. The minimum atomic E-state index is -4.37. The summed E-state index contributed by atoms with van der Waals surface area (Å²) in [7, 11) is 1.65. The lowest BCUT2D eigenvalue weighted by molar-refractivity contribution is -0.146. The molecule has 26 heavy (non-hydrogen) atoms. The van der Waals surface area contributed by atoms with Crippen molar-refractivity contribution in [3.63, 3.8) is 0 Å². The van der Waals surface area contributed by atoms with Gasteiger partial charge in [0.1, 0.15) is 0 Å². The number of aliphatic carboxylic acids is 1. The highest BCUT2D eigenvalue weighted by atomic mass is 19.4. The van der Waals surface area contributed by atoms with Crippen LogP contribution in [0.15, 0.2) is 24.3 Å². The molecule has 3 rings (SSSR count). The third-order valence-corrected chi connectivity index (χ3v) is 5.75. The van der Waals surface area contributed by atoms with E-state index in [1.807, 2.05) is 4.90 Å². The molecule has 2 aliphatic heterocycles. The SMILES string of the molecule is CN1C(=O)C[C@@H](C(=O)O)C12CCN(Cc1cccc(C(F)(F)F)c1)CC2. The molecule has 1 aromatic carbocycles. The molecule has 2 aliphatic rings. The van der Waals surface area contributed by atoms with Gasteiger partial charge in [0.2, 0.25) is 5.91 Å². The van der Waals surface area contributed by atoms with Crippen LogP contribution >= 0.6 is 0 Å². The lowest BCUT2D eigenvalue weighted by atomic mass is 9.77. The van der Waals surface area contributed by atoms with Crippen LogP contribution in [0.2, 0.25) is 0 Å². The first-order chi connectivity index (χ1) is 12.1. The van der Waals surface area contributed by atoms with Gasteiger partial charge in [-0.15, -0.1) is 0 Å². The Labute approximate surface area is 149 Å². The fourth-order valence-electron chi connectivity index (χ4n) is 4.19. The number of halogens is 3. The maximum atomic E-state index is 12.8. The number of carboxylic acid groups (broad SMARTS) is 1. The lowest BCUT2D eigenvalue weighted by Gasteiger charge is -2.45. The highest BCUT2D eigenvalue weighted by Crippen LogP contribution is 2.43. The number of carbonyl (C=O) groups excluding carboxylic acids is 1. The van der Waals surface area contributed by atoms with E-state index in [4.69, 9.17) is 0 Å². The number of likely N-dealkylation sites (tertiary alicyclic amines) is 2. The van der Waals surface area contributed by atoms with Crippen molar-refractivity contribution in [3.8, 4) is 0 Å². The van der Waals surface area contributed by atoms with Crippen molar-refractivity contribution >= 4 is 11.9 Å². The van der Waals surface area contributed by atoms with Crippen molar-refractivity contribution in [1.82, 2.24) is 9.80 Å². The molecule has 1 atom stereocenters. The van der Waals surface area contributed by atoms with Gasteiger partial charge in [-0.2, -0.15) is 13.2 Å². The largest absolute Gasteiger partial charge is 0.481 e. The van der Waals surface area contributed by atoms with Gasteiger partial charge in [-0.05, 0) is 24.5 Å². The molecule has 1 aromatic rings. The van der Waals surface area contributed by atoms with Crippen molar-refractivity contribution in [2.75, 3.05) is 20.1 Å². The Morgan fingerprint density at radius 2 is 1.96 bits per heavy atom. The number of hydrogen-bond donors (Lipinski definition) is 1. The fraction of sp³-hybridized carbons (Fsp3) is 0.556. The molecular weight excluding hydrogens is 349 g/mol. The molecule has 0 aromatic heterocycles. The molecule has 1 N–H and O–H groups in total. The van der Waals surface area contributed by atoms with Crippen molar-refractivity contribution < 1.29 is 27.9 Å². The number of nitrogens with zero attached hydrogens (tertiary/aromatic N) is 2. The summed E-state index contributed by atoms with van der Waals surface area (Å²) >= 11 is 0. The average molecular weight is 370 g/mol. The number of amides is 1. The maximum Gasteiger partial charge on any atom is 0.416 e. The maximum absolute atomic E-state index is 12.8. The Morgan fingerprint density at radius 1 is 1.31 bits per heavy atom. The number of piperidine rings is 1. The fourth-order valence-corrected chi connectivity index (χ4v) is 4.19. The van der Waals surface area contributed by atoms with Crippen molar-refractivity contribution in [3.05, 3.63) is 35.4 Å². The molecule has 0 radical (unpaired) electrons. The van der Waals surface area contributed by atoms with E-state index in [0.717, 1.165) is 12.1 Å².